The van der Waals surface area contributed by atoms with Crippen LogP contribution in [0.15, 0.2) is 24.8 Å². The van der Waals surface area contributed by atoms with Gasteiger partial charge in [0.25, 0.3) is 0 Å². The van der Waals surface area contributed by atoms with Crippen molar-refractivity contribution in [2.45, 2.75) is 57.8 Å². The number of carbonyl (C=O) groups is 1. The fourth-order valence-corrected chi connectivity index (χ4v) is 1.45. The lowest BCUT2D eigenvalue weighted by atomic mass is 10.1. The first-order chi connectivity index (χ1) is 7.41. The Morgan fingerprint density at radius 2 is 1.27 bits per heavy atom. The summed E-state index contributed by atoms with van der Waals surface area (Å²) in [6.07, 6.45) is 17.8. The Labute approximate surface area is 94.3 Å². The van der Waals surface area contributed by atoms with Crippen molar-refractivity contribution in [2.75, 3.05) is 0 Å². The Hall–Kier alpha value is -0.850. The van der Waals surface area contributed by atoms with E-state index < -0.39 is 0 Å². The van der Waals surface area contributed by atoms with Gasteiger partial charge in [0.1, 0.15) is 6.29 Å². The van der Waals surface area contributed by atoms with E-state index in [9.17, 15) is 4.79 Å². The molecule has 0 rings (SSSR count). The maximum Gasteiger partial charge on any atom is 0.119 e. The fraction of sp³-hybridized carbons (Fsp3) is 0.643. The maximum absolute atomic E-state index is 10.0. The lowest BCUT2D eigenvalue weighted by Gasteiger charge is -1.95. The summed E-state index contributed by atoms with van der Waals surface area (Å²) in [4.78, 5) is 10.0. The molecule has 0 amide bonds. The van der Waals surface area contributed by atoms with Gasteiger partial charge in [-0.25, -0.2) is 0 Å². The van der Waals surface area contributed by atoms with E-state index in [1.165, 1.54) is 25.7 Å². The topological polar surface area (TPSA) is 17.1 Å². The molecule has 0 aromatic heterocycles. The number of carbonyl (C=O) groups excluding carboxylic acids is 1. The Bertz CT molecular complexity index is 170. The second-order valence-electron chi connectivity index (χ2n) is 3.85. The van der Waals surface area contributed by atoms with Gasteiger partial charge in [-0.2, -0.15) is 0 Å². The fourth-order valence-electron chi connectivity index (χ4n) is 1.45. The SMILES string of the molecule is C=CCCCCCC=CCCCCC=O. The first-order valence-electron chi connectivity index (χ1n) is 6.11. The van der Waals surface area contributed by atoms with Crippen LogP contribution in [0.1, 0.15) is 57.8 Å². The molecular weight excluding hydrogens is 184 g/mol. The van der Waals surface area contributed by atoms with E-state index in [2.05, 4.69) is 18.7 Å². The summed E-state index contributed by atoms with van der Waals surface area (Å²) < 4.78 is 0. The van der Waals surface area contributed by atoms with E-state index in [1.54, 1.807) is 0 Å². The van der Waals surface area contributed by atoms with Crippen molar-refractivity contribution in [3.8, 4) is 0 Å². The summed E-state index contributed by atoms with van der Waals surface area (Å²) in [5.74, 6) is 0. The van der Waals surface area contributed by atoms with E-state index in [0.29, 0.717) is 0 Å². The zero-order valence-electron chi connectivity index (χ0n) is 9.79. The average molecular weight is 208 g/mol. The van der Waals surface area contributed by atoms with Gasteiger partial charge in [0.15, 0.2) is 0 Å². The Morgan fingerprint density at radius 1 is 0.733 bits per heavy atom. The van der Waals surface area contributed by atoms with Gasteiger partial charge in [0.05, 0.1) is 0 Å². The maximum atomic E-state index is 10.0. The molecule has 15 heavy (non-hydrogen) atoms. The van der Waals surface area contributed by atoms with Crippen LogP contribution in [0.3, 0.4) is 0 Å². The van der Waals surface area contributed by atoms with E-state index in [1.807, 2.05) is 6.08 Å². The number of rotatable bonds is 11. The van der Waals surface area contributed by atoms with Crippen molar-refractivity contribution in [1.82, 2.24) is 0 Å². The predicted octanol–water partition coefficient (Wildman–Crippen LogP) is 4.44. The van der Waals surface area contributed by atoms with Crippen molar-refractivity contribution >= 4 is 6.29 Å². The molecule has 0 spiro atoms. The molecule has 0 saturated heterocycles. The second kappa shape index (κ2) is 13.2. The minimum atomic E-state index is 0.718. The monoisotopic (exact) mass is 208 g/mol. The van der Waals surface area contributed by atoms with Gasteiger partial charge in [-0.15, -0.1) is 6.58 Å². The molecule has 1 heteroatoms. The molecule has 0 aliphatic carbocycles. The molecule has 0 radical (unpaired) electrons. The molecule has 0 bridgehead atoms. The first-order valence-corrected chi connectivity index (χ1v) is 6.11. The largest absolute Gasteiger partial charge is 0.303 e. The Balaban J connectivity index is 3.03. The third kappa shape index (κ3) is 13.2. The number of unbranched alkanes of at least 4 members (excludes halogenated alkanes) is 7. The third-order valence-electron chi connectivity index (χ3n) is 2.39. The van der Waals surface area contributed by atoms with Gasteiger partial charge >= 0.3 is 0 Å². The molecule has 0 aliphatic heterocycles. The molecule has 0 saturated carbocycles. The molecule has 0 unspecified atom stereocenters. The third-order valence-corrected chi connectivity index (χ3v) is 2.39. The molecule has 0 aromatic carbocycles. The van der Waals surface area contributed by atoms with Gasteiger partial charge in [-0.3, -0.25) is 0 Å². The van der Waals surface area contributed by atoms with Crippen LogP contribution in [0.25, 0.3) is 0 Å². The van der Waals surface area contributed by atoms with E-state index in [-0.39, 0.29) is 0 Å². The molecule has 0 aromatic rings. The molecule has 1 nitrogen and oxygen atoms in total. The van der Waals surface area contributed by atoms with Crippen LogP contribution in [0.2, 0.25) is 0 Å². The normalized spacial score (nSPS) is 10.7. The average Bonchev–Trinajstić information content (AvgIpc) is 2.26. The minimum Gasteiger partial charge on any atom is -0.303 e. The quantitative estimate of drug-likeness (QED) is 0.279. The summed E-state index contributed by atoms with van der Waals surface area (Å²) in [6, 6.07) is 0. The van der Waals surface area contributed by atoms with Crippen molar-refractivity contribution in [2.24, 2.45) is 0 Å². The summed E-state index contributed by atoms with van der Waals surface area (Å²) in [5.41, 5.74) is 0. The molecule has 0 fully saturated rings. The first kappa shape index (κ1) is 14.2. The molecular formula is C14H24O. The summed E-state index contributed by atoms with van der Waals surface area (Å²) in [5, 5.41) is 0. The highest BCUT2D eigenvalue weighted by molar-refractivity contribution is 5.48. The zero-order valence-corrected chi connectivity index (χ0v) is 9.79. The summed E-state index contributed by atoms with van der Waals surface area (Å²) >= 11 is 0. The van der Waals surface area contributed by atoms with Gasteiger partial charge in [-0.1, -0.05) is 24.6 Å². The molecule has 0 heterocycles. The zero-order chi connectivity index (χ0) is 11.2. The van der Waals surface area contributed by atoms with Crippen molar-refractivity contribution in [3.63, 3.8) is 0 Å². The lowest BCUT2D eigenvalue weighted by Crippen LogP contribution is -1.77. The molecule has 0 atom stereocenters. The second-order valence-corrected chi connectivity index (χ2v) is 3.85. The van der Waals surface area contributed by atoms with Crippen LogP contribution >= 0.6 is 0 Å². The highest BCUT2D eigenvalue weighted by Gasteiger charge is 1.86. The van der Waals surface area contributed by atoms with Crippen LogP contribution in [-0.2, 0) is 4.79 Å². The van der Waals surface area contributed by atoms with Crippen molar-refractivity contribution in [1.29, 1.82) is 0 Å². The number of hydrogen-bond acceptors (Lipinski definition) is 1. The molecule has 0 N–H and O–H groups in total. The number of allylic oxidation sites excluding steroid dienone is 3. The van der Waals surface area contributed by atoms with E-state index in [4.69, 9.17) is 0 Å². The standard InChI is InChI=1S/C14H24O/c1-2-3-4-5-6-7-8-9-10-11-12-13-14-15/h2,8-9,14H,1,3-7,10-13H2. The van der Waals surface area contributed by atoms with Crippen molar-refractivity contribution < 1.29 is 4.79 Å². The van der Waals surface area contributed by atoms with Crippen LogP contribution in [0, 0.1) is 0 Å². The van der Waals surface area contributed by atoms with Crippen LogP contribution in [-0.4, -0.2) is 6.29 Å². The smallest absolute Gasteiger partial charge is 0.119 e. The Kier molecular flexibility index (Phi) is 12.4. The van der Waals surface area contributed by atoms with Gasteiger partial charge in [-0.05, 0) is 44.9 Å². The summed E-state index contributed by atoms with van der Waals surface area (Å²) in [7, 11) is 0. The number of aldehydes is 1. The molecule has 0 aliphatic rings. The van der Waals surface area contributed by atoms with Crippen LogP contribution in [0.4, 0.5) is 0 Å². The predicted molar refractivity (Wildman–Crippen MR) is 67.0 cm³/mol. The van der Waals surface area contributed by atoms with Crippen LogP contribution in [0.5, 0.6) is 0 Å². The summed E-state index contributed by atoms with van der Waals surface area (Å²) in [6.45, 7) is 3.70. The minimum absolute atomic E-state index is 0.718. The Morgan fingerprint density at radius 3 is 1.87 bits per heavy atom. The lowest BCUT2D eigenvalue weighted by molar-refractivity contribution is -0.107. The number of hydrogen-bond donors (Lipinski definition) is 0. The van der Waals surface area contributed by atoms with E-state index in [0.717, 1.165) is 38.4 Å². The van der Waals surface area contributed by atoms with Gasteiger partial charge < -0.3 is 4.79 Å². The van der Waals surface area contributed by atoms with E-state index >= 15 is 0 Å². The highest BCUT2D eigenvalue weighted by atomic mass is 16.1. The van der Waals surface area contributed by atoms with Gasteiger partial charge in [0.2, 0.25) is 0 Å². The van der Waals surface area contributed by atoms with Crippen molar-refractivity contribution in [3.05, 3.63) is 24.8 Å². The van der Waals surface area contributed by atoms with Crippen LogP contribution < -0.4 is 0 Å². The highest BCUT2D eigenvalue weighted by Crippen LogP contribution is 2.05. The molecule has 86 valence electrons. The van der Waals surface area contributed by atoms with Gasteiger partial charge in [0, 0.05) is 6.42 Å².